The van der Waals surface area contributed by atoms with Crippen LogP contribution in [0, 0.1) is 5.92 Å². The standard InChI is InChI=1S/C20H20N4O2/c25-15-9-6-8-14-17(15)20(11-4-1-5-12-20)24-18(21-14)23-19-22-13-7-2-3-10-16(13)26-19/h2-4,7,10-11,17H,1,5-6,8-9,12H2,(H,22,23,24)/t17?,20-/m0/s1. The maximum absolute atomic E-state index is 12.6. The average Bonchev–Trinajstić information content (AvgIpc) is 3.04. The van der Waals surface area contributed by atoms with Crippen molar-refractivity contribution >= 4 is 34.6 Å². The van der Waals surface area contributed by atoms with Crippen molar-refractivity contribution in [3.8, 4) is 0 Å². The fourth-order valence-corrected chi connectivity index (χ4v) is 4.31. The molecule has 2 heterocycles. The van der Waals surface area contributed by atoms with E-state index in [4.69, 9.17) is 9.41 Å². The van der Waals surface area contributed by atoms with E-state index in [1.54, 1.807) is 0 Å². The first-order chi connectivity index (χ1) is 12.7. The zero-order valence-electron chi connectivity index (χ0n) is 14.4. The van der Waals surface area contributed by atoms with Crippen molar-refractivity contribution in [3.05, 3.63) is 36.4 Å². The molecule has 2 aromatic rings. The Bertz CT molecular complexity index is 938. The number of guanidine groups is 1. The number of allylic oxidation sites excluding steroid dienone is 1. The monoisotopic (exact) mass is 348 g/mol. The minimum atomic E-state index is -0.499. The van der Waals surface area contributed by atoms with E-state index in [9.17, 15) is 4.79 Å². The van der Waals surface area contributed by atoms with Gasteiger partial charge < -0.3 is 4.42 Å². The van der Waals surface area contributed by atoms with Crippen LogP contribution in [0.4, 0.5) is 6.01 Å². The van der Waals surface area contributed by atoms with Gasteiger partial charge in [0.15, 0.2) is 5.58 Å². The maximum atomic E-state index is 12.6. The van der Waals surface area contributed by atoms with Crippen LogP contribution in [0.25, 0.3) is 11.1 Å². The Morgan fingerprint density at radius 3 is 2.96 bits per heavy atom. The quantitative estimate of drug-likeness (QED) is 0.793. The second-order valence-corrected chi connectivity index (χ2v) is 7.19. The van der Waals surface area contributed by atoms with Gasteiger partial charge in [-0.05, 0) is 44.2 Å². The molecule has 1 spiro atoms. The number of para-hydroxylation sites is 2. The van der Waals surface area contributed by atoms with Crippen molar-refractivity contribution in [1.29, 1.82) is 0 Å². The first-order valence-corrected chi connectivity index (χ1v) is 9.24. The summed E-state index contributed by atoms with van der Waals surface area (Å²) in [6, 6.07) is 8.00. The molecule has 1 N–H and O–H groups in total. The molecule has 6 heteroatoms. The average molecular weight is 348 g/mol. The molecule has 3 aliphatic rings. The molecular formula is C20H20N4O2. The number of hydrogen-bond acceptors (Lipinski definition) is 6. The molecule has 0 amide bonds. The van der Waals surface area contributed by atoms with Crippen molar-refractivity contribution in [3.63, 3.8) is 0 Å². The third-order valence-electron chi connectivity index (χ3n) is 5.44. The minimum absolute atomic E-state index is 0.206. The summed E-state index contributed by atoms with van der Waals surface area (Å²) in [5.74, 6) is 0.553. The molecule has 1 unspecified atom stereocenters. The third kappa shape index (κ3) is 2.48. The Balaban J connectivity index is 1.54. The van der Waals surface area contributed by atoms with Gasteiger partial charge in [-0.25, -0.2) is 9.98 Å². The van der Waals surface area contributed by atoms with Gasteiger partial charge in [-0.3, -0.25) is 10.1 Å². The number of benzene rings is 1. The second-order valence-electron chi connectivity index (χ2n) is 7.19. The minimum Gasteiger partial charge on any atom is -0.423 e. The topological polar surface area (TPSA) is 79.9 Å². The zero-order chi connectivity index (χ0) is 17.6. The van der Waals surface area contributed by atoms with Crippen LogP contribution in [-0.2, 0) is 4.79 Å². The summed E-state index contributed by atoms with van der Waals surface area (Å²) < 4.78 is 5.75. The number of fused-ring (bicyclic) bond motifs is 3. The number of nitrogens with zero attached hydrogens (tertiary/aromatic N) is 3. The molecule has 0 radical (unpaired) electrons. The number of hydrogen-bond donors (Lipinski definition) is 1. The summed E-state index contributed by atoms with van der Waals surface area (Å²) in [7, 11) is 0. The van der Waals surface area contributed by atoms with E-state index in [2.05, 4.69) is 27.4 Å². The number of Topliss-reactive ketones (excluding diaryl/α,β-unsaturated/α-hetero) is 1. The summed E-state index contributed by atoms with van der Waals surface area (Å²) >= 11 is 0. The first kappa shape index (κ1) is 15.5. The predicted molar refractivity (Wildman–Crippen MR) is 101 cm³/mol. The zero-order valence-corrected chi connectivity index (χ0v) is 14.4. The molecule has 1 saturated carbocycles. The van der Waals surface area contributed by atoms with Crippen molar-refractivity contribution in [2.45, 2.75) is 44.1 Å². The molecule has 2 aliphatic carbocycles. The number of carbonyl (C=O) groups excluding carboxylic acids is 1. The molecular weight excluding hydrogens is 328 g/mol. The van der Waals surface area contributed by atoms with E-state index in [0.717, 1.165) is 48.9 Å². The van der Waals surface area contributed by atoms with E-state index >= 15 is 0 Å². The van der Waals surface area contributed by atoms with Crippen molar-refractivity contribution < 1.29 is 9.21 Å². The number of rotatable bonds is 1. The largest absolute Gasteiger partial charge is 0.423 e. The van der Waals surface area contributed by atoms with Gasteiger partial charge in [0.05, 0.1) is 11.5 Å². The number of aliphatic imine (C=N–C) groups is 2. The number of nitrogens with one attached hydrogen (secondary N) is 1. The predicted octanol–water partition coefficient (Wildman–Crippen LogP) is 3.90. The van der Waals surface area contributed by atoms with Crippen LogP contribution in [0.3, 0.4) is 0 Å². The summed E-state index contributed by atoms with van der Waals surface area (Å²) in [6.07, 6.45) is 9.55. The highest BCUT2D eigenvalue weighted by molar-refractivity contribution is 6.15. The Labute approximate surface area is 151 Å². The van der Waals surface area contributed by atoms with Crippen molar-refractivity contribution in [1.82, 2.24) is 4.98 Å². The Hall–Kier alpha value is -2.76. The Kier molecular flexibility index (Phi) is 3.51. The lowest BCUT2D eigenvalue weighted by Gasteiger charge is -2.41. The van der Waals surface area contributed by atoms with Crippen molar-refractivity contribution in [2.24, 2.45) is 15.9 Å². The van der Waals surface area contributed by atoms with Crippen molar-refractivity contribution in [2.75, 3.05) is 5.32 Å². The molecule has 0 bridgehead atoms. The fourth-order valence-electron chi connectivity index (χ4n) is 4.31. The number of anilines is 1. The molecule has 1 aliphatic heterocycles. The van der Waals surface area contributed by atoms with Crippen LogP contribution < -0.4 is 5.32 Å². The molecule has 2 atom stereocenters. The molecule has 26 heavy (non-hydrogen) atoms. The van der Waals surface area contributed by atoms with Gasteiger partial charge in [-0.2, -0.15) is 4.98 Å². The van der Waals surface area contributed by atoms with Gasteiger partial charge >= 0.3 is 6.01 Å². The lowest BCUT2D eigenvalue weighted by molar-refractivity contribution is -0.122. The van der Waals surface area contributed by atoms with Gasteiger partial charge in [0, 0.05) is 12.1 Å². The second kappa shape index (κ2) is 5.90. The number of ketones is 1. The highest BCUT2D eigenvalue weighted by Gasteiger charge is 2.48. The highest BCUT2D eigenvalue weighted by Crippen LogP contribution is 2.41. The van der Waals surface area contributed by atoms with Crippen LogP contribution in [0.5, 0.6) is 0 Å². The fraction of sp³-hybridized carbons (Fsp3) is 0.400. The molecule has 132 valence electrons. The van der Waals surface area contributed by atoms with Crippen LogP contribution >= 0.6 is 0 Å². The smallest absolute Gasteiger partial charge is 0.302 e. The lowest BCUT2D eigenvalue weighted by atomic mass is 9.68. The summed E-state index contributed by atoms with van der Waals surface area (Å²) in [5.41, 5.74) is 1.96. The van der Waals surface area contributed by atoms with E-state index in [-0.39, 0.29) is 11.7 Å². The summed E-state index contributed by atoms with van der Waals surface area (Å²) in [4.78, 5) is 26.6. The lowest BCUT2D eigenvalue weighted by Crippen LogP contribution is -2.50. The molecule has 5 rings (SSSR count). The Morgan fingerprint density at radius 1 is 1.19 bits per heavy atom. The van der Waals surface area contributed by atoms with Gasteiger partial charge in [0.1, 0.15) is 11.3 Å². The van der Waals surface area contributed by atoms with E-state index < -0.39 is 5.54 Å². The van der Waals surface area contributed by atoms with Gasteiger partial charge in [-0.1, -0.05) is 24.3 Å². The SMILES string of the molecule is O=C1CCCC2=NC(Nc3nc4ccccc4o3)=N[C@]3(C=CCCC3)C12. The molecule has 1 aromatic heterocycles. The van der Waals surface area contributed by atoms with Gasteiger partial charge in [-0.15, -0.1) is 0 Å². The third-order valence-corrected chi connectivity index (χ3v) is 5.44. The normalized spacial score (nSPS) is 28.0. The van der Waals surface area contributed by atoms with E-state index in [0.29, 0.717) is 18.4 Å². The van der Waals surface area contributed by atoms with Gasteiger partial charge in [0.2, 0.25) is 5.96 Å². The summed E-state index contributed by atoms with van der Waals surface area (Å²) in [6.45, 7) is 0. The molecule has 6 nitrogen and oxygen atoms in total. The molecule has 1 fully saturated rings. The van der Waals surface area contributed by atoms with E-state index in [1.807, 2.05) is 24.3 Å². The van der Waals surface area contributed by atoms with Crippen LogP contribution in [0.15, 0.2) is 50.8 Å². The highest BCUT2D eigenvalue weighted by atomic mass is 16.4. The number of oxazole rings is 1. The molecule has 1 aromatic carbocycles. The van der Waals surface area contributed by atoms with Gasteiger partial charge in [0.25, 0.3) is 0 Å². The Morgan fingerprint density at radius 2 is 2.12 bits per heavy atom. The summed E-state index contributed by atoms with van der Waals surface area (Å²) in [5, 5.41) is 3.13. The van der Waals surface area contributed by atoms with Crippen LogP contribution in [-0.4, -0.2) is 28.0 Å². The van der Waals surface area contributed by atoms with Crippen LogP contribution in [0.1, 0.15) is 38.5 Å². The number of carbonyl (C=O) groups is 1. The maximum Gasteiger partial charge on any atom is 0.302 e. The van der Waals surface area contributed by atoms with Crippen LogP contribution in [0.2, 0.25) is 0 Å². The molecule has 0 saturated heterocycles. The number of aromatic nitrogens is 1. The first-order valence-electron chi connectivity index (χ1n) is 9.24. The van der Waals surface area contributed by atoms with E-state index in [1.165, 1.54) is 0 Å².